The van der Waals surface area contributed by atoms with Crippen molar-refractivity contribution in [2.45, 2.75) is 6.04 Å². The van der Waals surface area contributed by atoms with Gasteiger partial charge in [0.1, 0.15) is 5.15 Å². The summed E-state index contributed by atoms with van der Waals surface area (Å²) in [4.78, 5) is 9.18. The van der Waals surface area contributed by atoms with Crippen LogP contribution in [-0.2, 0) is 0 Å². The lowest BCUT2D eigenvalue weighted by Gasteiger charge is -2.07. The molecule has 72 valence electrons. The Morgan fingerprint density at radius 2 is 2.29 bits per heavy atom. The number of halogens is 1. The fourth-order valence-corrected chi connectivity index (χ4v) is 1.96. The highest BCUT2D eigenvalue weighted by atomic mass is 35.5. The number of rotatable bonds is 2. The molecule has 0 aliphatic heterocycles. The van der Waals surface area contributed by atoms with Gasteiger partial charge < -0.3 is 5.73 Å². The summed E-state index contributed by atoms with van der Waals surface area (Å²) in [6.07, 6.45) is 1.61. The van der Waals surface area contributed by atoms with Crippen molar-refractivity contribution in [2.24, 2.45) is 5.73 Å². The Hall–Kier alpha value is -0.970. The standard InChI is InChI=1S/C9H8ClN3S/c10-7-3-4-12-9(13-7)8(11)6-2-1-5-14-6/h1-5,8H,11H2. The molecule has 2 aromatic heterocycles. The molecule has 0 aromatic carbocycles. The summed E-state index contributed by atoms with van der Waals surface area (Å²) < 4.78 is 0. The van der Waals surface area contributed by atoms with Crippen molar-refractivity contribution in [2.75, 3.05) is 0 Å². The van der Waals surface area contributed by atoms with Gasteiger partial charge in [-0.3, -0.25) is 0 Å². The number of aromatic nitrogens is 2. The SMILES string of the molecule is NC(c1nccc(Cl)n1)c1cccs1. The van der Waals surface area contributed by atoms with E-state index in [1.165, 1.54) is 0 Å². The fourth-order valence-electron chi connectivity index (χ4n) is 1.10. The first-order valence-corrected chi connectivity index (χ1v) is 5.30. The summed E-state index contributed by atoms with van der Waals surface area (Å²) in [5, 5.41) is 2.39. The second-order valence-corrected chi connectivity index (χ2v) is 4.10. The van der Waals surface area contributed by atoms with E-state index in [1.54, 1.807) is 23.6 Å². The Bertz CT molecular complexity index is 416. The van der Waals surface area contributed by atoms with Crippen LogP contribution in [0.25, 0.3) is 0 Å². The van der Waals surface area contributed by atoms with Gasteiger partial charge >= 0.3 is 0 Å². The third-order valence-electron chi connectivity index (χ3n) is 1.77. The minimum atomic E-state index is -0.284. The molecule has 0 aliphatic rings. The largest absolute Gasteiger partial charge is 0.317 e. The molecular weight excluding hydrogens is 218 g/mol. The maximum absolute atomic E-state index is 5.96. The van der Waals surface area contributed by atoms with E-state index in [1.807, 2.05) is 17.5 Å². The average molecular weight is 226 g/mol. The van der Waals surface area contributed by atoms with Crippen LogP contribution in [0.5, 0.6) is 0 Å². The van der Waals surface area contributed by atoms with Gasteiger partial charge in [0.2, 0.25) is 0 Å². The van der Waals surface area contributed by atoms with Gasteiger partial charge in [0.15, 0.2) is 5.82 Å². The zero-order chi connectivity index (χ0) is 9.97. The zero-order valence-corrected chi connectivity index (χ0v) is 8.79. The van der Waals surface area contributed by atoms with Gasteiger partial charge in [0.05, 0.1) is 6.04 Å². The second kappa shape index (κ2) is 4.04. The van der Waals surface area contributed by atoms with Crippen LogP contribution in [0.2, 0.25) is 5.15 Å². The molecule has 2 rings (SSSR count). The number of hydrogen-bond acceptors (Lipinski definition) is 4. The van der Waals surface area contributed by atoms with Gasteiger partial charge in [-0.05, 0) is 17.5 Å². The molecule has 1 atom stereocenters. The molecule has 0 amide bonds. The maximum atomic E-state index is 5.96. The van der Waals surface area contributed by atoms with Gasteiger partial charge in [0, 0.05) is 11.1 Å². The molecular formula is C9H8ClN3S. The van der Waals surface area contributed by atoms with Gasteiger partial charge in [-0.15, -0.1) is 11.3 Å². The van der Waals surface area contributed by atoms with Crippen LogP contribution < -0.4 is 5.73 Å². The predicted octanol–water partition coefficient (Wildman–Crippen LogP) is 2.24. The highest BCUT2D eigenvalue weighted by Crippen LogP contribution is 2.21. The highest BCUT2D eigenvalue weighted by Gasteiger charge is 2.12. The summed E-state index contributed by atoms with van der Waals surface area (Å²) in [7, 11) is 0. The van der Waals surface area contributed by atoms with Crippen molar-refractivity contribution in [1.82, 2.24) is 9.97 Å². The normalized spacial score (nSPS) is 12.7. The Kier molecular flexibility index (Phi) is 2.77. The summed E-state index contributed by atoms with van der Waals surface area (Å²) >= 11 is 7.33. The van der Waals surface area contributed by atoms with Crippen molar-refractivity contribution < 1.29 is 0 Å². The molecule has 2 heterocycles. The van der Waals surface area contributed by atoms with Crippen LogP contribution in [0.15, 0.2) is 29.8 Å². The van der Waals surface area contributed by atoms with Crippen LogP contribution in [0.3, 0.4) is 0 Å². The van der Waals surface area contributed by atoms with E-state index >= 15 is 0 Å². The van der Waals surface area contributed by atoms with Gasteiger partial charge in [-0.1, -0.05) is 17.7 Å². The van der Waals surface area contributed by atoms with Gasteiger partial charge in [0.25, 0.3) is 0 Å². The summed E-state index contributed by atoms with van der Waals surface area (Å²) in [6.45, 7) is 0. The molecule has 2 N–H and O–H groups in total. The molecule has 1 unspecified atom stereocenters. The molecule has 0 radical (unpaired) electrons. The monoisotopic (exact) mass is 225 g/mol. The Balaban J connectivity index is 2.32. The van der Waals surface area contributed by atoms with Crippen LogP contribution in [-0.4, -0.2) is 9.97 Å². The third-order valence-corrected chi connectivity index (χ3v) is 2.93. The molecule has 0 bridgehead atoms. The van der Waals surface area contributed by atoms with E-state index in [-0.39, 0.29) is 6.04 Å². The van der Waals surface area contributed by atoms with E-state index in [4.69, 9.17) is 17.3 Å². The van der Waals surface area contributed by atoms with E-state index in [2.05, 4.69) is 9.97 Å². The molecule has 0 aliphatic carbocycles. The fraction of sp³-hybridized carbons (Fsp3) is 0.111. The lowest BCUT2D eigenvalue weighted by atomic mass is 10.2. The number of hydrogen-bond donors (Lipinski definition) is 1. The molecule has 2 aromatic rings. The molecule has 0 saturated heterocycles. The summed E-state index contributed by atoms with van der Waals surface area (Å²) in [6, 6.07) is 5.25. The highest BCUT2D eigenvalue weighted by molar-refractivity contribution is 7.10. The van der Waals surface area contributed by atoms with E-state index < -0.39 is 0 Å². The maximum Gasteiger partial charge on any atom is 0.152 e. The smallest absolute Gasteiger partial charge is 0.152 e. The zero-order valence-electron chi connectivity index (χ0n) is 7.22. The Morgan fingerprint density at radius 1 is 1.43 bits per heavy atom. The lowest BCUT2D eigenvalue weighted by Crippen LogP contribution is -2.13. The topological polar surface area (TPSA) is 51.8 Å². The van der Waals surface area contributed by atoms with E-state index in [0.717, 1.165) is 4.88 Å². The predicted molar refractivity (Wildman–Crippen MR) is 57.4 cm³/mol. The van der Waals surface area contributed by atoms with Crippen molar-refractivity contribution in [3.05, 3.63) is 45.6 Å². The van der Waals surface area contributed by atoms with E-state index in [0.29, 0.717) is 11.0 Å². The Labute approximate surface area is 90.6 Å². The molecule has 0 spiro atoms. The van der Waals surface area contributed by atoms with Crippen molar-refractivity contribution in [3.63, 3.8) is 0 Å². The van der Waals surface area contributed by atoms with Crippen LogP contribution >= 0.6 is 22.9 Å². The first-order valence-electron chi connectivity index (χ1n) is 4.05. The first-order chi connectivity index (χ1) is 6.77. The molecule has 0 saturated carbocycles. The quantitative estimate of drug-likeness (QED) is 0.798. The first kappa shape index (κ1) is 9.58. The molecule has 0 fully saturated rings. The van der Waals surface area contributed by atoms with Crippen LogP contribution in [0.4, 0.5) is 0 Å². The summed E-state index contributed by atoms with van der Waals surface area (Å²) in [5.74, 6) is 0.556. The molecule has 5 heteroatoms. The third kappa shape index (κ3) is 1.92. The van der Waals surface area contributed by atoms with Crippen molar-refractivity contribution in [1.29, 1.82) is 0 Å². The average Bonchev–Trinajstić information content (AvgIpc) is 2.69. The molecule has 14 heavy (non-hydrogen) atoms. The van der Waals surface area contributed by atoms with Gasteiger partial charge in [-0.2, -0.15) is 0 Å². The van der Waals surface area contributed by atoms with Crippen molar-refractivity contribution >= 4 is 22.9 Å². The number of nitrogens with zero attached hydrogens (tertiary/aromatic N) is 2. The Morgan fingerprint density at radius 3 is 2.93 bits per heavy atom. The second-order valence-electron chi connectivity index (χ2n) is 2.73. The van der Waals surface area contributed by atoms with Crippen LogP contribution in [0, 0.1) is 0 Å². The molecule has 3 nitrogen and oxygen atoms in total. The van der Waals surface area contributed by atoms with E-state index in [9.17, 15) is 0 Å². The lowest BCUT2D eigenvalue weighted by molar-refractivity contribution is 0.795. The summed E-state index contributed by atoms with van der Waals surface area (Å²) in [5.41, 5.74) is 5.96. The van der Waals surface area contributed by atoms with Crippen molar-refractivity contribution in [3.8, 4) is 0 Å². The number of nitrogens with two attached hydrogens (primary N) is 1. The minimum Gasteiger partial charge on any atom is -0.317 e. The number of thiophene rings is 1. The minimum absolute atomic E-state index is 0.284. The van der Waals surface area contributed by atoms with Crippen LogP contribution in [0.1, 0.15) is 16.7 Å². The van der Waals surface area contributed by atoms with Gasteiger partial charge in [-0.25, -0.2) is 9.97 Å².